The van der Waals surface area contributed by atoms with Gasteiger partial charge in [-0.2, -0.15) is 0 Å². The Kier molecular flexibility index (Phi) is 20.4. The molecule has 15 rings (SSSR count). The molecule has 4 N–H and O–H groups in total. The highest BCUT2D eigenvalue weighted by molar-refractivity contribution is 14.0. The molecule has 12 atom stereocenters. The van der Waals surface area contributed by atoms with Gasteiger partial charge in [-0.15, -0.1) is 92.0 Å². The Morgan fingerprint density at radius 1 is 0.500 bits per heavy atom. The third-order valence-electron chi connectivity index (χ3n) is 17.7. The highest BCUT2D eigenvalue weighted by Gasteiger charge is 2.71. The van der Waals surface area contributed by atoms with E-state index in [0.29, 0.717) is 102 Å². The number of piperidine rings is 3. The van der Waals surface area contributed by atoms with Gasteiger partial charge in [-0.25, -0.2) is 14.4 Å². The van der Waals surface area contributed by atoms with E-state index in [9.17, 15) is 34.8 Å². The van der Waals surface area contributed by atoms with Crippen LogP contribution in [0.15, 0.2) is 105 Å². The van der Waals surface area contributed by atoms with Crippen molar-refractivity contribution in [1.29, 1.82) is 0 Å². The lowest BCUT2D eigenvalue weighted by atomic mass is 9.95. The Hall–Kier alpha value is -2.58. The van der Waals surface area contributed by atoms with Gasteiger partial charge in [0.15, 0.2) is 0 Å². The van der Waals surface area contributed by atoms with E-state index in [1.54, 1.807) is 48.5 Å². The van der Waals surface area contributed by atoms with Crippen molar-refractivity contribution >= 4 is 110 Å². The summed E-state index contributed by atoms with van der Waals surface area (Å²) in [6.45, 7) is 0. The minimum Gasteiger partial charge on any atom is -1.00 e. The van der Waals surface area contributed by atoms with Crippen molar-refractivity contribution < 1.29 is 84.7 Å². The Balaban J connectivity index is 0.000000147. The number of quaternary nitrogens is 1. The Labute approximate surface area is 530 Å². The van der Waals surface area contributed by atoms with Crippen LogP contribution in [0.5, 0.6) is 0 Å². The number of carbonyl (C=O) groups is 3. The highest BCUT2D eigenvalue weighted by atomic mass is 127. The molecule has 82 heavy (non-hydrogen) atoms. The van der Waals surface area contributed by atoms with Crippen molar-refractivity contribution in [2.24, 2.45) is 0 Å². The second-order valence-electron chi connectivity index (χ2n) is 22.2. The molecule has 9 fully saturated rings. The molecule has 448 valence electrons. The number of aliphatic hydroxyl groups is 4. The van der Waals surface area contributed by atoms with E-state index in [0.717, 1.165) is 43.0 Å². The van der Waals surface area contributed by atoms with Gasteiger partial charge < -0.3 is 70.3 Å². The lowest BCUT2D eigenvalue weighted by molar-refractivity contribution is -0.938. The maximum Gasteiger partial charge on any atom is 0.349 e. The summed E-state index contributed by atoms with van der Waals surface area (Å²) in [7, 11) is 10.0. The van der Waals surface area contributed by atoms with Crippen LogP contribution in [0.25, 0.3) is 0 Å². The standard InChI is InChI=1S/C19H22NO4S2.C18H19NO4S2.C11H10O3S2.C8H13NO2.2CH4.BrH.HI/c1-20(2)12-9-11(10-13(20)17-16(12)24-17)23-18(21)19(22,14-5-3-7-25-14)15-6-4-8-26-15;1-19-11-8-10(9-12(19)16-15(11)23-16)22-17(20)18(21,13-4-2-6-24-13)14-5-3-7-25-14;1-14-10(12)11(13,8-4-2-6-15-8)9-5-3-7-16-9;1-9-5-2-4(10)3-6(9)8-7(5)11-8;;;;/h3-8,11-13,16-17,22H,9-10H2,1-2H3;2-7,10-12,15-16,21H,8-9H2,1H3;2-7,13H,1H3;4-8,10H,2-3H2,1H3;2*1H4;2*1H/q+1;;;;;;;/p-1. The predicted octanol–water partition coefficient (Wildman–Crippen LogP) is 5.25. The lowest BCUT2D eigenvalue weighted by Gasteiger charge is -2.45. The van der Waals surface area contributed by atoms with Crippen LogP contribution < -0.4 is 17.0 Å². The molecule has 6 aromatic rings. The number of nitrogens with zero attached hydrogens (tertiary/aromatic N) is 3. The summed E-state index contributed by atoms with van der Waals surface area (Å²) in [5.41, 5.74) is -5.11. The minimum atomic E-state index is -1.72. The number of halogens is 2. The third kappa shape index (κ3) is 11.6. The van der Waals surface area contributed by atoms with Crippen molar-refractivity contribution in [3.8, 4) is 0 Å². The number of hydrogen-bond acceptors (Lipinski definition) is 21. The number of thiophene rings is 6. The van der Waals surface area contributed by atoms with E-state index in [2.05, 4.69) is 42.7 Å². The summed E-state index contributed by atoms with van der Waals surface area (Å²) in [6, 6.07) is 23.9. The first-order chi connectivity index (χ1) is 37.5. The molecule has 15 heterocycles. The predicted molar refractivity (Wildman–Crippen MR) is 326 cm³/mol. The van der Waals surface area contributed by atoms with Gasteiger partial charge >= 0.3 is 17.9 Å². The zero-order valence-corrected chi connectivity index (χ0v) is 53.2. The topological polar surface area (TPSA) is 204 Å². The molecule has 0 aliphatic carbocycles. The number of hydrogen-bond donors (Lipinski definition) is 4. The first-order valence-corrected chi connectivity index (χ1v) is 31.6. The number of esters is 3. The average Bonchev–Trinajstić information content (AvgIpc) is 4.19. The molecule has 0 saturated carbocycles. The van der Waals surface area contributed by atoms with Crippen LogP contribution in [0.2, 0.25) is 0 Å². The normalized spacial score (nSPS) is 31.6. The quantitative estimate of drug-likeness (QED) is 0.0430. The number of morpholine rings is 3. The largest absolute Gasteiger partial charge is 1.00 e. The van der Waals surface area contributed by atoms with Gasteiger partial charge in [-0.1, -0.05) is 51.3 Å². The van der Waals surface area contributed by atoms with Crippen molar-refractivity contribution in [1.82, 2.24) is 9.80 Å². The Morgan fingerprint density at radius 3 is 1.05 bits per heavy atom. The molecule has 0 spiro atoms. The van der Waals surface area contributed by atoms with Gasteiger partial charge in [0.2, 0.25) is 16.8 Å². The fraction of sp³-hybridized carbons (Fsp3) is 0.534. The first kappa shape index (κ1) is 65.4. The van der Waals surface area contributed by atoms with E-state index < -0.39 is 34.7 Å². The Morgan fingerprint density at radius 2 is 0.768 bits per heavy atom. The Bertz CT molecular complexity index is 2870. The monoisotopic (exact) mass is 1420 g/mol. The van der Waals surface area contributed by atoms with Crippen molar-refractivity contribution in [2.75, 3.05) is 35.3 Å². The smallest absolute Gasteiger partial charge is 0.349 e. The van der Waals surface area contributed by atoms with Crippen molar-refractivity contribution in [3.05, 3.63) is 134 Å². The van der Waals surface area contributed by atoms with E-state index >= 15 is 0 Å². The van der Waals surface area contributed by atoms with Crippen LogP contribution in [0.1, 0.15) is 82.6 Å². The van der Waals surface area contributed by atoms with Crippen LogP contribution >= 0.6 is 92.0 Å². The molecule has 16 nitrogen and oxygen atoms in total. The van der Waals surface area contributed by atoms with E-state index in [1.807, 2.05) is 56.5 Å². The number of fused-ring (bicyclic) bond motifs is 15. The van der Waals surface area contributed by atoms with Crippen LogP contribution in [0.3, 0.4) is 0 Å². The van der Waals surface area contributed by atoms with Crippen LogP contribution in [0.4, 0.5) is 0 Å². The van der Waals surface area contributed by atoms with Crippen LogP contribution in [0, 0.1) is 0 Å². The molecule has 9 aliphatic rings. The van der Waals surface area contributed by atoms with Gasteiger partial charge in [-0.3, -0.25) is 9.80 Å². The maximum absolute atomic E-state index is 13.1. The second-order valence-corrected chi connectivity index (χ2v) is 27.9. The van der Waals surface area contributed by atoms with Crippen molar-refractivity contribution in [3.63, 3.8) is 0 Å². The van der Waals surface area contributed by atoms with E-state index in [1.165, 1.54) is 75.1 Å². The van der Waals surface area contributed by atoms with E-state index in [-0.39, 0.29) is 74.1 Å². The molecule has 24 heteroatoms. The van der Waals surface area contributed by atoms with Crippen LogP contribution in [-0.4, -0.2) is 179 Å². The summed E-state index contributed by atoms with van der Waals surface area (Å²) in [4.78, 5) is 46.2. The zero-order valence-electron chi connectivity index (χ0n) is 44.3. The molecular formula is C58H73BrIN3O13S6. The van der Waals surface area contributed by atoms with Gasteiger partial charge in [0.1, 0.15) is 60.9 Å². The van der Waals surface area contributed by atoms with Gasteiger partial charge in [0, 0.05) is 49.9 Å². The minimum absolute atomic E-state index is 0. The zero-order chi connectivity index (χ0) is 54.5. The number of epoxide rings is 3. The number of carbonyl (C=O) groups excluding carboxylic acids is 3. The fourth-order valence-corrected chi connectivity index (χ4v) is 18.5. The van der Waals surface area contributed by atoms with Gasteiger partial charge in [0.05, 0.1) is 56.6 Å². The number of likely N-dealkylation sites (N-methyl/N-ethyl adjacent to an activating group) is 3. The molecule has 9 aliphatic heterocycles. The summed E-state index contributed by atoms with van der Waals surface area (Å²) in [5.74, 6) is -1.79. The van der Waals surface area contributed by atoms with Crippen LogP contribution in [-0.2, 0) is 59.6 Å². The molecule has 9 saturated heterocycles. The number of methoxy groups -OCH3 is 1. The summed E-state index contributed by atoms with van der Waals surface area (Å²) in [5, 5.41) is 53.8. The average molecular weight is 1420 g/mol. The maximum atomic E-state index is 13.1. The summed E-state index contributed by atoms with van der Waals surface area (Å²) >= 11 is 8.13. The SMILES string of the molecule is C.C.CN1C2CC(O)CC1C1OC12.CN1C2CC(OC(=O)C(O)(c3cccs3)c3cccs3)CC1C1OC12.COC(=O)C(O)(c1cccs1)c1cccs1.C[N+]1(C)C2CC(OC(=O)C(O)(c3cccs3)c3cccs3)CC1C1OC12.I.[Br-]. The number of ether oxygens (including phenoxy) is 6. The van der Waals surface area contributed by atoms with Crippen molar-refractivity contribution in [2.45, 2.75) is 161 Å². The number of rotatable bonds is 11. The molecule has 6 bridgehead atoms. The second kappa shape index (κ2) is 25.6. The third-order valence-corrected chi connectivity index (χ3v) is 23.6. The van der Waals surface area contributed by atoms with Gasteiger partial charge in [0.25, 0.3) is 0 Å². The molecular weight excluding hydrogens is 1350 g/mol. The van der Waals surface area contributed by atoms with Gasteiger partial charge in [-0.05, 0) is 95.6 Å². The summed E-state index contributed by atoms with van der Waals surface area (Å²) in [6.07, 6.45) is 6.69. The molecule has 0 aromatic carbocycles. The fourth-order valence-electron chi connectivity index (χ4n) is 13.3. The molecule has 0 amide bonds. The molecule has 0 radical (unpaired) electrons. The number of aliphatic hydroxyl groups excluding tert-OH is 1. The first-order valence-electron chi connectivity index (χ1n) is 26.3. The summed E-state index contributed by atoms with van der Waals surface area (Å²) < 4.78 is 34.4. The molecule has 6 aromatic heterocycles. The molecule has 12 unspecified atom stereocenters. The highest BCUT2D eigenvalue weighted by Crippen LogP contribution is 2.53. The lowest BCUT2D eigenvalue weighted by Crippen LogP contribution is -3.00. The van der Waals surface area contributed by atoms with E-state index in [4.69, 9.17) is 23.7 Å².